The predicted molar refractivity (Wildman–Crippen MR) is 348 cm³/mol. The molecule has 16 nitrogen and oxygen atoms in total. The molecular weight excluding hydrogens is 1130 g/mol. The summed E-state index contributed by atoms with van der Waals surface area (Å²) in [7, 11) is 3.50. The molecule has 9 aromatic rings. The molecule has 0 amide bonds. The van der Waals surface area contributed by atoms with Crippen LogP contribution in [0.3, 0.4) is 0 Å². The predicted octanol–water partition coefficient (Wildman–Crippen LogP) is 14.1. The zero-order valence-electron chi connectivity index (χ0n) is 49.9. The number of fused-ring (bicyclic) bond motifs is 4. The van der Waals surface area contributed by atoms with Crippen molar-refractivity contribution in [3.05, 3.63) is 245 Å². The molecule has 9 aromatic carbocycles. The summed E-state index contributed by atoms with van der Waals surface area (Å²) >= 11 is 0. The van der Waals surface area contributed by atoms with E-state index in [2.05, 4.69) is 32.9 Å². The number of phenolic OH excluding ortho intramolecular Hbond substituents is 1. The van der Waals surface area contributed by atoms with Gasteiger partial charge in [-0.05, 0) is 143 Å². The number of carbonyl (C=O) groups excluding carboxylic acids is 6. The molecule has 0 heterocycles. The van der Waals surface area contributed by atoms with Crippen LogP contribution in [0.5, 0.6) is 40.2 Å². The van der Waals surface area contributed by atoms with Crippen LogP contribution in [0.4, 0.5) is 5.69 Å². The smallest absolute Gasteiger partial charge is 0.392 e. The van der Waals surface area contributed by atoms with Crippen LogP contribution in [-0.2, 0) is 44.4 Å². The standard InChI is InChI=1S/C16H18O4Si.C16H14O3.C15H15NO2.C13H10O3.C11H12O3/c1-5-16(17)19-14-8-6-13-11-15(9-7-12(13)10-14)20-21(3,4)18-2;1-3-16(18)19-15-7-6-13-9-12(8-11(2)17)4-5-14(13)10-15;1-4-15(17)18-14-10-9-13(16(2)3)11-7-5-6-8-12(11)14;1-2-13(15)16-12-6-4-9-7-11(14)5-3-10(9)8-12;1-2-11(12)14-9-8-13-10-6-4-3-5-7-10/h5-11H,1H2,2-4H3;3-7,9-10H,1,8H2,2H3;4-10H,1H2,2-3H3;2-8,14H,1H2;2-7H,1,8-9H2. The summed E-state index contributed by atoms with van der Waals surface area (Å²) in [5.41, 5.74) is 2.07. The lowest BCUT2D eigenvalue weighted by molar-refractivity contribution is -0.138. The number of rotatable bonds is 19. The number of aromatic hydroxyl groups is 1. The summed E-state index contributed by atoms with van der Waals surface area (Å²) in [4.78, 5) is 68.3. The minimum absolute atomic E-state index is 0.135. The second-order valence-electron chi connectivity index (χ2n) is 19.3. The molecule has 0 aliphatic rings. The van der Waals surface area contributed by atoms with Gasteiger partial charge in [0.2, 0.25) is 0 Å². The zero-order valence-corrected chi connectivity index (χ0v) is 50.9. The van der Waals surface area contributed by atoms with Gasteiger partial charge in [-0.1, -0.05) is 124 Å². The summed E-state index contributed by atoms with van der Waals surface area (Å²) < 4.78 is 41.7. The van der Waals surface area contributed by atoms with Crippen molar-refractivity contribution in [2.45, 2.75) is 26.4 Å². The fourth-order valence-corrected chi connectivity index (χ4v) is 8.68. The van der Waals surface area contributed by atoms with Crippen LogP contribution in [-0.4, -0.2) is 83.7 Å². The van der Waals surface area contributed by atoms with Gasteiger partial charge in [0.1, 0.15) is 59.2 Å². The van der Waals surface area contributed by atoms with Gasteiger partial charge in [0.25, 0.3) is 0 Å². The highest BCUT2D eigenvalue weighted by atomic mass is 28.4. The molecule has 0 bridgehead atoms. The van der Waals surface area contributed by atoms with Crippen LogP contribution in [0, 0.1) is 0 Å². The molecule has 0 fully saturated rings. The van der Waals surface area contributed by atoms with Gasteiger partial charge in [0, 0.05) is 74.5 Å². The summed E-state index contributed by atoms with van der Waals surface area (Å²) in [5, 5.41) is 17.0. The average Bonchev–Trinajstić information content (AvgIpc) is 3.63. The number of phenols is 1. The van der Waals surface area contributed by atoms with Crippen molar-refractivity contribution in [1.82, 2.24) is 0 Å². The van der Waals surface area contributed by atoms with Gasteiger partial charge in [-0.15, -0.1) is 0 Å². The van der Waals surface area contributed by atoms with E-state index in [0.29, 0.717) is 36.0 Å². The van der Waals surface area contributed by atoms with E-state index < -0.39 is 38.4 Å². The van der Waals surface area contributed by atoms with Crippen molar-refractivity contribution < 1.29 is 71.1 Å². The summed E-state index contributed by atoms with van der Waals surface area (Å²) in [6, 6.07) is 53.5. The number of Topliss-reactive ketones (excluding diaryl/α,β-unsaturated/α-hetero) is 1. The Bertz CT molecular complexity index is 3970. The molecule has 0 radical (unpaired) electrons. The summed E-state index contributed by atoms with van der Waals surface area (Å²) in [6.45, 7) is 22.9. The number of benzene rings is 9. The van der Waals surface area contributed by atoms with E-state index >= 15 is 0 Å². The van der Waals surface area contributed by atoms with E-state index in [0.717, 1.165) is 96.2 Å². The number of carbonyl (C=O) groups is 6. The second kappa shape index (κ2) is 34.2. The Labute approximate surface area is 512 Å². The molecule has 9 rings (SSSR count). The molecule has 0 aliphatic heterocycles. The molecule has 0 aliphatic carbocycles. The average molecular weight is 1200 g/mol. The first kappa shape index (κ1) is 67.9. The highest BCUT2D eigenvalue weighted by Gasteiger charge is 2.25. The molecule has 0 spiro atoms. The third-order valence-electron chi connectivity index (χ3n) is 12.1. The Morgan fingerprint density at radius 1 is 0.466 bits per heavy atom. The normalized spacial score (nSPS) is 10.2. The topological polar surface area (TPSA) is 200 Å². The van der Waals surface area contributed by atoms with Gasteiger partial charge in [-0.25, -0.2) is 24.0 Å². The number of anilines is 1. The van der Waals surface area contributed by atoms with Gasteiger partial charge in [0.05, 0.1) is 0 Å². The molecule has 88 heavy (non-hydrogen) atoms. The number of para-hydroxylation sites is 1. The highest BCUT2D eigenvalue weighted by Crippen LogP contribution is 2.33. The third kappa shape index (κ3) is 22.3. The lowest BCUT2D eigenvalue weighted by atomic mass is 10.0. The molecule has 0 atom stereocenters. The zero-order chi connectivity index (χ0) is 64.2. The molecule has 0 saturated carbocycles. The minimum Gasteiger partial charge on any atom is -0.520 e. The highest BCUT2D eigenvalue weighted by molar-refractivity contribution is 6.65. The number of hydrogen-bond acceptors (Lipinski definition) is 16. The lowest BCUT2D eigenvalue weighted by Gasteiger charge is -2.21. The Morgan fingerprint density at radius 3 is 1.39 bits per heavy atom. The van der Waals surface area contributed by atoms with Crippen molar-refractivity contribution in [2.75, 3.05) is 39.3 Å². The number of esters is 5. The molecule has 0 unspecified atom stereocenters. The van der Waals surface area contributed by atoms with Gasteiger partial charge >= 0.3 is 38.4 Å². The summed E-state index contributed by atoms with van der Waals surface area (Å²) in [5.74, 6) is 1.57. The van der Waals surface area contributed by atoms with E-state index in [1.165, 1.54) is 0 Å². The Kier molecular flexibility index (Phi) is 26.4. The molecule has 1 N–H and O–H groups in total. The maximum atomic E-state index is 11.3. The van der Waals surface area contributed by atoms with E-state index in [-0.39, 0.29) is 18.1 Å². The first-order chi connectivity index (χ1) is 42.2. The van der Waals surface area contributed by atoms with Crippen LogP contribution in [0.15, 0.2) is 239 Å². The molecule has 0 aromatic heterocycles. The first-order valence-electron chi connectivity index (χ1n) is 27.2. The van der Waals surface area contributed by atoms with Gasteiger partial charge in [-0.2, -0.15) is 0 Å². The van der Waals surface area contributed by atoms with E-state index in [9.17, 15) is 33.9 Å². The largest absolute Gasteiger partial charge is 0.520 e. The van der Waals surface area contributed by atoms with E-state index in [1.807, 2.05) is 141 Å². The van der Waals surface area contributed by atoms with Crippen LogP contribution in [0.1, 0.15) is 12.5 Å². The van der Waals surface area contributed by atoms with Crippen LogP contribution >= 0.6 is 0 Å². The molecule has 0 saturated heterocycles. The fraction of sp³-hybridized carbons (Fsp3) is 0.127. The molecule has 452 valence electrons. The number of hydrogen-bond donors (Lipinski definition) is 1. The maximum absolute atomic E-state index is 11.3. The van der Waals surface area contributed by atoms with E-state index in [1.54, 1.807) is 80.8 Å². The maximum Gasteiger partial charge on any atom is 0.392 e. The summed E-state index contributed by atoms with van der Waals surface area (Å²) in [6.07, 6.45) is 6.10. The quantitative estimate of drug-likeness (QED) is 0.0263. The second-order valence-corrected chi connectivity index (χ2v) is 22.8. The fourth-order valence-electron chi connectivity index (χ4n) is 7.90. The van der Waals surface area contributed by atoms with Crippen molar-refractivity contribution >= 4 is 93.0 Å². The van der Waals surface area contributed by atoms with Crippen LogP contribution in [0.2, 0.25) is 13.1 Å². The Balaban J connectivity index is 0.000000202. The molecular formula is C71H69NO15Si. The van der Waals surface area contributed by atoms with Crippen molar-refractivity contribution in [3.8, 4) is 40.2 Å². The van der Waals surface area contributed by atoms with Crippen LogP contribution < -0.4 is 33.0 Å². The monoisotopic (exact) mass is 1200 g/mol. The number of ether oxygens (including phenoxy) is 6. The first-order valence-corrected chi connectivity index (χ1v) is 30.0. The van der Waals surface area contributed by atoms with Gasteiger partial charge in [0.15, 0.2) is 0 Å². The third-order valence-corrected chi connectivity index (χ3v) is 13.9. The van der Waals surface area contributed by atoms with Crippen molar-refractivity contribution in [3.63, 3.8) is 0 Å². The number of nitrogens with zero attached hydrogens (tertiary/aromatic N) is 1. The molecule has 17 heteroatoms. The Morgan fingerprint density at radius 2 is 0.898 bits per heavy atom. The van der Waals surface area contributed by atoms with Crippen LogP contribution in [0.25, 0.3) is 43.1 Å². The van der Waals surface area contributed by atoms with Crippen molar-refractivity contribution in [2.24, 2.45) is 0 Å². The van der Waals surface area contributed by atoms with E-state index in [4.69, 9.17) is 37.3 Å². The van der Waals surface area contributed by atoms with Gasteiger partial charge in [-0.3, -0.25) is 4.79 Å². The van der Waals surface area contributed by atoms with Crippen molar-refractivity contribution in [1.29, 1.82) is 0 Å². The minimum atomic E-state index is -2.12. The SMILES string of the molecule is C=CC(=O)OCCOc1ccccc1.C=CC(=O)Oc1ccc(N(C)C)c2ccccc12.C=CC(=O)Oc1ccc2cc(CC(C)=O)ccc2c1.C=CC(=O)Oc1ccc2cc(O)ccc2c1.C=CC(=O)Oc1ccc2cc(O[Si](C)(C)OC)ccc2c1. The number of ketones is 1. The lowest BCUT2D eigenvalue weighted by Crippen LogP contribution is -2.36. The van der Waals surface area contributed by atoms with Gasteiger partial charge < -0.3 is 47.3 Å². The Hall–Kier alpha value is -10.9.